The number of hydrogen-bond donors (Lipinski definition) is 0. The number of benzene rings is 2. The van der Waals surface area contributed by atoms with Crippen molar-refractivity contribution in [2.24, 2.45) is 0 Å². The first-order chi connectivity index (χ1) is 10.7. The Labute approximate surface area is 132 Å². The summed E-state index contributed by atoms with van der Waals surface area (Å²) in [5, 5.41) is 0. The van der Waals surface area contributed by atoms with Crippen molar-refractivity contribution in [3.63, 3.8) is 0 Å². The molecule has 0 heterocycles. The van der Waals surface area contributed by atoms with Crippen LogP contribution in [0.5, 0.6) is 11.5 Å². The molecule has 0 spiro atoms. The van der Waals surface area contributed by atoms with E-state index in [0.29, 0.717) is 12.0 Å². The van der Waals surface area contributed by atoms with Gasteiger partial charge in [0.2, 0.25) is 0 Å². The number of likely N-dealkylation sites (N-methyl/N-ethyl adjacent to an activating group) is 1. The van der Waals surface area contributed by atoms with Crippen LogP contribution in [0.15, 0.2) is 48.5 Å². The minimum Gasteiger partial charge on any atom is -0.497 e. The Kier molecular flexibility index (Phi) is 4.34. The van der Waals surface area contributed by atoms with E-state index in [1.165, 1.54) is 17.5 Å². The molecule has 2 aromatic carbocycles. The summed E-state index contributed by atoms with van der Waals surface area (Å²) in [4.78, 5) is 2.42. The van der Waals surface area contributed by atoms with Gasteiger partial charge in [-0.3, -0.25) is 4.90 Å². The highest BCUT2D eigenvalue weighted by molar-refractivity contribution is 5.41. The van der Waals surface area contributed by atoms with Gasteiger partial charge in [-0.15, -0.1) is 0 Å². The molecule has 0 aliphatic heterocycles. The van der Waals surface area contributed by atoms with Crippen LogP contribution < -0.4 is 9.47 Å². The zero-order valence-electron chi connectivity index (χ0n) is 13.5. The predicted molar refractivity (Wildman–Crippen MR) is 88.6 cm³/mol. The van der Waals surface area contributed by atoms with Crippen LogP contribution in [0.2, 0.25) is 0 Å². The molecule has 0 bridgehead atoms. The lowest BCUT2D eigenvalue weighted by molar-refractivity contribution is 0.302. The van der Waals surface area contributed by atoms with E-state index >= 15 is 0 Å². The van der Waals surface area contributed by atoms with Crippen LogP contribution in [0.1, 0.15) is 23.5 Å². The molecular weight excluding hydrogens is 274 g/mol. The fraction of sp³-hybridized carbons (Fsp3) is 0.368. The number of rotatable bonds is 6. The Morgan fingerprint density at radius 3 is 2.50 bits per heavy atom. The van der Waals surface area contributed by atoms with Gasteiger partial charge in [0.05, 0.1) is 14.2 Å². The smallest absolute Gasteiger partial charge is 0.127 e. The lowest BCUT2D eigenvalue weighted by atomic mass is 10.1. The van der Waals surface area contributed by atoms with Crippen molar-refractivity contribution in [2.75, 3.05) is 21.3 Å². The highest BCUT2D eigenvalue weighted by atomic mass is 16.5. The largest absolute Gasteiger partial charge is 0.497 e. The van der Waals surface area contributed by atoms with E-state index in [2.05, 4.69) is 48.3 Å². The van der Waals surface area contributed by atoms with E-state index in [9.17, 15) is 0 Å². The monoisotopic (exact) mass is 297 g/mol. The van der Waals surface area contributed by atoms with Gasteiger partial charge in [0.1, 0.15) is 11.5 Å². The maximum atomic E-state index is 5.49. The zero-order chi connectivity index (χ0) is 15.5. The molecule has 0 amide bonds. The summed E-state index contributed by atoms with van der Waals surface area (Å²) in [6.07, 6.45) is 1.24. The molecule has 2 aromatic rings. The van der Waals surface area contributed by atoms with E-state index in [1.807, 2.05) is 12.1 Å². The first-order valence-electron chi connectivity index (χ1n) is 7.69. The van der Waals surface area contributed by atoms with Gasteiger partial charge in [-0.25, -0.2) is 0 Å². The average Bonchev–Trinajstić information content (AvgIpc) is 3.37. The molecule has 3 rings (SSSR count). The Hall–Kier alpha value is -2.00. The third kappa shape index (κ3) is 3.09. The number of nitrogens with zero attached hydrogens (tertiary/aromatic N) is 1. The predicted octanol–water partition coefficient (Wildman–Crippen LogP) is 3.69. The summed E-state index contributed by atoms with van der Waals surface area (Å²) in [6.45, 7) is 0.890. The lowest BCUT2D eigenvalue weighted by Gasteiger charge is -2.19. The second kappa shape index (κ2) is 6.41. The second-order valence-corrected chi connectivity index (χ2v) is 5.91. The highest BCUT2D eigenvalue weighted by Crippen LogP contribution is 2.44. The molecule has 1 aliphatic carbocycles. The first-order valence-corrected chi connectivity index (χ1v) is 7.69. The fourth-order valence-electron chi connectivity index (χ4n) is 3.10. The van der Waals surface area contributed by atoms with Crippen molar-refractivity contribution in [3.05, 3.63) is 59.7 Å². The minimum atomic E-state index is 0.620. The zero-order valence-corrected chi connectivity index (χ0v) is 13.5. The molecule has 22 heavy (non-hydrogen) atoms. The molecule has 116 valence electrons. The maximum Gasteiger partial charge on any atom is 0.127 e. The van der Waals surface area contributed by atoms with E-state index in [-0.39, 0.29) is 0 Å². The van der Waals surface area contributed by atoms with Crippen LogP contribution in [0, 0.1) is 0 Å². The van der Waals surface area contributed by atoms with Gasteiger partial charge in [0, 0.05) is 30.1 Å². The van der Waals surface area contributed by atoms with Gasteiger partial charge in [0.25, 0.3) is 0 Å². The topological polar surface area (TPSA) is 21.7 Å². The van der Waals surface area contributed by atoms with Gasteiger partial charge < -0.3 is 9.47 Å². The maximum absolute atomic E-state index is 5.49. The molecule has 1 aliphatic rings. The van der Waals surface area contributed by atoms with Gasteiger partial charge in [-0.05, 0) is 25.1 Å². The third-order valence-corrected chi connectivity index (χ3v) is 4.46. The van der Waals surface area contributed by atoms with Crippen molar-refractivity contribution in [1.82, 2.24) is 4.90 Å². The first kappa shape index (κ1) is 14.9. The summed E-state index contributed by atoms with van der Waals surface area (Å²) in [5.41, 5.74) is 2.64. The van der Waals surface area contributed by atoms with Crippen molar-refractivity contribution in [2.45, 2.75) is 24.9 Å². The normalized spacial score (nSPS) is 20.0. The van der Waals surface area contributed by atoms with Gasteiger partial charge in [0.15, 0.2) is 0 Å². The average molecular weight is 297 g/mol. The SMILES string of the molecule is COc1ccc(CN(C)C2CC2c2ccccc2)c(OC)c1. The minimum absolute atomic E-state index is 0.620. The van der Waals surface area contributed by atoms with Crippen LogP contribution in [0.4, 0.5) is 0 Å². The van der Waals surface area contributed by atoms with Gasteiger partial charge in [-0.2, -0.15) is 0 Å². The van der Waals surface area contributed by atoms with Crippen LogP contribution in [0.25, 0.3) is 0 Å². The van der Waals surface area contributed by atoms with E-state index < -0.39 is 0 Å². The number of hydrogen-bond acceptors (Lipinski definition) is 3. The van der Waals surface area contributed by atoms with Crippen molar-refractivity contribution in [1.29, 1.82) is 0 Å². The Balaban J connectivity index is 1.67. The van der Waals surface area contributed by atoms with Gasteiger partial charge in [-0.1, -0.05) is 36.4 Å². The summed E-state index contributed by atoms with van der Waals surface area (Å²) >= 11 is 0. The van der Waals surface area contributed by atoms with E-state index in [4.69, 9.17) is 9.47 Å². The third-order valence-electron chi connectivity index (χ3n) is 4.46. The molecule has 0 N–H and O–H groups in total. The standard InChI is InChI=1S/C19H23NO2/c1-20(18-12-17(18)14-7-5-4-6-8-14)13-15-9-10-16(21-2)11-19(15)22-3/h4-11,17-18H,12-13H2,1-3H3. The molecule has 3 heteroatoms. The van der Waals surface area contributed by atoms with Crippen LogP contribution >= 0.6 is 0 Å². The summed E-state index contributed by atoms with van der Waals surface area (Å²) < 4.78 is 10.8. The molecule has 1 fully saturated rings. The molecule has 1 saturated carbocycles. The Morgan fingerprint density at radius 1 is 1.05 bits per heavy atom. The van der Waals surface area contributed by atoms with Crippen LogP contribution in [0.3, 0.4) is 0 Å². The van der Waals surface area contributed by atoms with Crippen LogP contribution in [-0.4, -0.2) is 32.2 Å². The summed E-state index contributed by atoms with van der Waals surface area (Å²) in [6, 6.07) is 17.4. The van der Waals surface area contributed by atoms with Gasteiger partial charge >= 0.3 is 0 Å². The molecule has 2 unspecified atom stereocenters. The molecule has 0 aromatic heterocycles. The molecule has 3 nitrogen and oxygen atoms in total. The lowest BCUT2D eigenvalue weighted by Crippen LogP contribution is -2.21. The Bertz CT molecular complexity index is 627. The number of ether oxygens (including phenoxy) is 2. The molecule has 0 radical (unpaired) electrons. The fourth-order valence-corrected chi connectivity index (χ4v) is 3.10. The van der Waals surface area contributed by atoms with Crippen molar-refractivity contribution >= 4 is 0 Å². The Morgan fingerprint density at radius 2 is 1.82 bits per heavy atom. The molecule has 0 saturated heterocycles. The number of methoxy groups -OCH3 is 2. The van der Waals surface area contributed by atoms with E-state index in [0.717, 1.165) is 18.0 Å². The highest BCUT2D eigenvalue weighted by Gasteiger charge is 2.41. The molecular formula is C19H23NO2. The van der Waals surface area contributed by atoms with Crippen molar-refractivity contribution in [3.8, 4) is 11.5 Å². The summed E-state index contributed by atoms with van der Waals surface area (Å²) in [5.74, 6) is 2.38. The quantitative estimate of drug-likeness (QED) is 0.811. The van der Waals surface area contributed by atoms with E-state index in [1.54, 1.807) is 14.2 Å². The summed E-state index contributed by atoms with van der Waals surface area (Å²) in [7, 11) is 5.58. The molecule has 2 atom stereocenters. The second-order valence-electron chi connectivity index (χ2n) is 5.91. The van der Waals surface area contributed by atoms with Crippen LogP contribution in [-0.2, 0) is 6.54 Å². The van der Waals surface area contributed by atoms with Crippen molar-refractivity contribution < 1.29 is 9.47 Å².